The molecule has 0 saturated carbocycles. The van der Waals surface area contributed by atoms with Gasteiger partial charge < -0.3 is 4.90 Å². The van der Waals surface area contributed by atoms with Crippen LogP contribution in [0.5, 0.6) is 0 Å². The van der Waals surface area contributed by atoms with Gasteiger partial charge in [-0.2, -0.15) is 18.4 Å². The Balaban J connectivity index is 3.25. The van der Waals surface area contributed by atoms with Crippen molar-refractivity contribution in [2.24, 2.45) is 0 Å². The summed E-state index contributed by atoms with van der Waals surface area (Å²) in [6.07, 6.45) is -4.11. The van der Waals surface area contributed by atoms with Crippen LogP contribution < -0.4 is 0 Å². The molecule has 0 aliphatic carbocycles. The fraction of sp³-hybridized carbons (Fsp3) is 0.231. The molecule has 0 N–H and O–H groups in total. The maximum atomic E-state index is 13.6. The summed E-state index contributed by atoms with van der Waals surface area (Å²) < 4.78 is 51.1. The molecule has 1 atom stereocenters. The third kappa shape index (κ3) is 3.35. The fourth-order valence-corrected chi connectivity index (χ4v) is 1.61. The number of carbonyl (C=O) groups is 1. The van der Waals surface area contributed by atoms with Crippen LogP contribution in [0.3, 0.4) is 0 Å². The minimum atomic E-state index is -5.15. The number of hydrogen-bond donors (Lipinski definition) is 0. The Bertz CT molecular complexity index is 548. The van der Waals surface area contributed by atoms with E-state index in [0.29, 0.717) is 0 Å². The van der Waals surface area contributed by atoms with Crippen molar-refractivity contribution in [3.05, 3.63) is 48.3 Å². The maximum Gasteiger partial charge on any atom is 0.471 e. The maximum absolute atomic E-state index is 13.6. The second-order valence-electron chi connectivity index (χ2n) is 3.80. The molecule has 0 saturated heterocycles. The average molecular weight is 286 g/mol. The van der Waals surface area contributed by atoms with Crippen LogP contribution in [-0.4, -0.2) is 23.5 Å². The standard InChI is InChI=1S/C13H10F4N2O/c1-2-7-19(12(20)13(15,16)17)11(8-18)9-5-3-4-6-10(9)14/h2-6,11H,1,7H2. The largest absolute Gasteiger partial charge is 0.471 e. The number of halogens is 4. The van der Waals surface area contributed by atoms with Crippen LogP contribution in [0.15, 0.2) is 36.9 Å². The molecule has 3 nitrogen and oxygen atoms in total. The topological polar surface area (TPSA) is 44.1 Å². The molecule has 0 aromatic heterocycles. The quantitative estimate of drug-likeness (QED) is 0.631. The number of benzene rings is 1. The van der Waals surface area contributed by atoms with Crippen LogP contribution >= 0.6 is 0 Å². The molecule has 1 aromatic carbocycles. The molecule has 1 aromatic rings. The van der Waals surface area contributed by atoms with Gasteiger partial charge in [0, 0.05) is 12.1 Å². The lowest BCUT2D eigenvalue weighted by Gasteiger charge is -2.27. The van der Waals surface area contributed by atoms with Gasteiger partial charge in [0.2, 0.25) is 0 Å². The van der Waals surface area contributed by atoms with Crippen molar-refractivity contribution in [3.8, 4) is 6.07 Å². The Hall–Kier alpha value is -2.36. The third-order valence-electron chi connectivity index (χ3n) is 2.46. The molecule has 0 bridgehead atoms. The molecule has 0 heterocycles. The van der Waals surface area contributed by atoms with Gasteiger partial charge in [-0.25, -0.2) is 4.39 Å². The number of rotatable bonds is 4. The summed E-state index contributed by atoms with van der Waals surface area (Å²) in [4.78, 5) is 11.5. The van der Waals surface area contributed by atoms with Crippen molar-refractivity contribution in [2.75, 3.05) is 6.54 Å². The summed E-state index contributed by atoms with van der Waals surface area (Å²) in [5.74, 6) is -3.07. The lowest BCUT2D eigenvalue weighted by Crippen LogP contribution is -2.43. The van der Waals surface area contributed by atoms with Crippen LogP contribution in [0.2, 0.25) is 0 Å². The van der Waals surface area contributed by atoms with Crippen molar-refractivity contribution < 1.29 is 22.4 Å². The summed E-state index contributed by atoms with van der Waals surface area (Å²) in [5, 5.41) is 9.00. The molecule has 1 rings (SSSR count). The number of nitriles is 1. The molecule has 1 unspecified atom stereocenters. The highest BCUT2D eigenvalue weighted by atomic mass is 19.4. The average Bonchev–Trinajstić information content (AvgIpc) is 2.38. The molecule has 20 heavy (non-hydrogen) atoms. The zero-order valence-electron chi connectivity index (χ0n) is 10.2. The van der Waals surface area contributed by atoms with Crippen molar-refractivity contribution in [1.82, 2.24) is 4.90 Å². The molecule has 0 aliphatic rings. The predicted molar refractivity (Wildman–Crippen MR) is 62.7 cm³/mol. The van der Waals surface area contributed by atoms with Crippen LogP contribution in [0.4, 0.5) is 17.6 Å². The molecule has 0 fully saturated rings. The van der Waals surface area contributed by atoms with E-state index in [0.717, 1.165) is 18.2 Å². The van der Waals surface area contributed by atoms with Crippen molar-refractivity contribution in [3.63, 3.8) is 0 Å². The zero-order chi connectivity index (χ0) is 15.3. The normalized spacial score (nSPS) is 12.3. The minimum absolute atomic E-state index is 0.228. The fourth-order valence-electron chi connectivity index (χ4n) is 1.61. The first-order chi connectivity index (χ1) is 9.32. The van der Waals surface area contributed by atoms with Gasteiger partial charge in [0.15, 0.2) is 0 Å². The van der Waals surface area contributed by atoms with Crippen LogP contribution in [0.25, 0.3) is 0 Å². The zero-order valence-corrected chi connectivity index (χ0v) is 10.2. The van der Waals surface area contributed by atoms with E-state index in [1.807, 2.05) is 0 Å². The van der Waals surface area contributed by atoms with E-state index in [1.165, 1.54) is 18.2 Å². The van der Waals surface area contributed by atoms with Gasteiger partial charge in [0.05, 0.1) is 6.07 Å². The number of carbonyl (C=O) groups excluding carboxylic acids is 1. The molecule has 0 aliphatic heterocycles. The van der Waals surface area contributed by atoms with Gasteiger partial charge in [0.25, 0.3) is 0 Å². The van der Waals surface area contributed by atoms with E-state index in [-0.39, 0.29) is 10.5 Å². The highest BCUT2D eigenvalue weighted by molar-refractivity contribution is 5.82. The summed E-state index contributed by atoms with van der Waals surface area (Å²) >= 11 is 0. The number of hydrogen-bond acceptors (Lipinski definition) is 2. The highest BCUT2D eigenvalue weighted by Gasteiger charge is 2.45. The molecular weight excluding hydrogens is 276 g/mol. The third-order valence-corrected chi connectivity index (χ3v) is 2.46. The Labute approximate surface area is 112 Å². The van der Waals surface area contributed by atoms with E-state index < -0.39 is 30.5 Å². The van der Waals surface area contributed by atoms with Crippen molar-refractivity contribution in [2.45, 2.75) is 12.2 Å². The Morgan fingerprint density at radius 3 is 2.50 bits per heavy atom. The monoisotopic (exact) mass is 286 g/mol. The molecular formula is C13H10F4N2O. The first kappa shape index (κ1) is 15.7. The van der Waals surface area contributed by atoms with Gasteiger partial charge in [-0.1, -0.05) is 24.3 Å². The van der Waals surface area contributed by atoms with Gasteiger partial charge in [-0.15, -0.1) is 6.58 Å². The second kappa shape index (κ2) is 6.19. The Kier molecular flexibility index (Phi) is 4.86. The van der Waals surface area contributed by atoms with E-state index >= 15 is 0 Å². The molecule has 0 radical (unpaired) electrons. The first-order valence-electron chi connectivity index (χ1n) is 5.45. The van der Waals surface area contributed by atoms with Gasteiger partial charge in [0.1, 0.15) is 11.9 Å². The lowest BCUT2D eigenvalue weighted by atomic mass is 10.1. The van der Waals surface area contributed by atoms with E-state index in [9.17, 15) is 22.4 Å². The van der Waals surface area contributed by atoms with E-state index in [2.05, 4.69) is 6.58 Å². The lowest BCUT2D eigenvalue weighted by molar-refractivity contribution is -0.186. The smallest absolute Gasteiger partial charge is 0.311 e. The summed E-state index contributed by atoms with van der Waals surface area (Å²) in [6.45, 7) is 2.71. The number of amides is 1. The van der Waals surface area contributed by atoms with Crippen LogP contribution in [0, 0.1) is 17.1 Å². The van der Waals surface area contributed by atoms with E-state index in [1.54, 1.807) is 0 Å². The van der Waals surface area contributed by atoms with Crippen LogP contribution in [0.1, 0.15) is 11.6 Å². The molecule has 1 amide bonds. The number of nitrogens with zero attached hydrogens (tertiary/aromatic N) is 2. The Morgan fingerprint density at radius 1 is 1.45 bits per heavy atom. The predicted octanol–water partition coefficient (Wildman–Crippen LogP) is 2.97. The Morgan fingerprint density at radius 2 is 2.05 bits per heavy atom. The highest BCUT2D eigenvalue weighted by Crippen LogP contribution is 2.28. The van der Waals surface area contributed by atoms with Crippen LogP contribution in [-0.2, 0) is 4.79 Å². The SMILES string of the molecule is C=CCN(C(=O)C(F)(F)F)C(C#N)c1ccccc1F. The van der Waals surface area contributed by atoms with Crippen molar-refractivity contribution >= 4 is 5.91 Å². The van der Waals surface area contributed by atoms with Gasteiger partial charge in [-0.05, 0) is 6.07 Å². The minimum Gasteiger partial charge on any atom is -0.311 e. The summed E-state index contributed by atoms with van der Waals surface area (Å²) in [7, 11) is 0. The van der Waals surface area contributed by atoms with Gasteiger partial charge in [-0.3, -0.25) is 4.79 Å². The van der Waals surface area contributed by atoms with Crippen molar-refractivity contribution in [1.29, 1.82) is 5.26 Å². The van der Waals surface area contributed by atoms with Gasteiger partial charge >= 0.3 is 12.1 Å². The number of alkyl halides is 3. The second-order valence-corrected chi connectivity index (χ2v) is 3.80. The van der Waals surface area contributed by atoms with E-state index in [4.69, 9.17) is 5.26 Å². The molecule has 7 heteroatoms. The first-order valence-corrected chi connectivity index (χ1v) is 5.45. The summed E-state index contributed by atoms with van der Waals surface area (Å²) in [5.41, 5.74) is -0.297. The molecule has 0 spiro atoms. The molecule has 106 valence electrons. The summed E-state index contributed by atoms with van der Waals surface area (Å²) in [6, 6.07) is 4.69.